The van der Waals surface area contributed by atoms with E-state index >= 15 is 0 Å². The molecule has 0 aromatic carbocycles. The molecule has 1 rings (SSSR count). The minimum absolute atomic E-state index is 1.22. The monoisotopic (exact) mass is 683 g/mol. The summed E-state index contributed by atoms with van der Waals surface area (Å²) in [6.45, 7) is 8.16. The van der Waals surface area contributed by atoms with Gasteiger partial charge in [-0.3, -0.25) is 0 Å². The van der Waals surface area contributed by atoms with E-state index < -0.39 is 0 Å². The van der Waals surface area contributed by atoms with Crippen LogP contribution in [0.3, 0.4) is 0 Å². The Hall–Kier alpha value is -0.850. The average molecular weight is 683 g/mol. The molecule has 0 aliphatic rings. The Morgan fingerprint density at radius 2 is 0.510 bits per heavy atom. The Morgan fingerprint density at radius 1 is 0.286 bits per heavy atom. The van der Waals surface area contributed by atoms with Gasteiger partial charge in [0.1, 0.15) is 6.54 Å². The fraction of sp³-hybridized carbons (Fsp3) is 0.896. The second kappa shape index (κ2) is 38.4. The summed E-state index contributed by atoms with van der Waals surface area (Å²) >= 11 is 0. The molecule has 0 aliphatic carbocycles. The normalized spacial score (nSPS) is 11.6. The van der Waals surface area contributed by atoms with Gasteiger partial charge in [0.2, 0.25) is 0 Å². The van der Waals surface area contributed by atoms with Crippen LogP contribution in [0.5, 0.6) is 0 Å². The molecule has 0 N–H and O–H groups in total. The minimum Gasteiger partial charge on any atom is -0.205 e. The van der Waals surface area contributed by atoms with Crippen molar-refractivity contribution in [3.8, 4) is 0 Å². The Balaban J connectivity index is 2.29. The van der Waals surface area contributed by atoms with Gasteiger partial charge in [-0.2, -0.15) is 0 Å². The van der Waals surface area contributed by atoms with Gasteiger partial charge in [0, 0.05) is 17.5 Å². The van der Waals surface area contributed by atoms with Crippen molar-refractivity contribution in [3.63, 3.8) is 0 Å². The molecule has 0 atom stereocenters. The molecule has 0 saturated carbocycles. The molecule has 0 saturated heterocycles. The lowest BCUT2D eigenvalue weighted by molar-refractivity contribution is -0.698. The highest BCUT2D eigenvalue weighted by molar-refractivity contribution is 5.15. The molecular formula is C48H92N+. The largest absolute Gasteiger partial charge is 0.205 e. The third-order valence-corrected chi connectivity index (χ3v) is 11.2. The van der Waals surface area contributed by atoms with Crippen molar-refractivity contribution in [2.75, 3.05) is 0 Å². The lowest BCUT2D eigenvalue weighted by Crippen LogP contribution is -2.34. The van der Waals surface area contributed by atoms with Crippen molar-refractivity contribution < 1.29 is 4.57 Å². The van der Waals surface area contributed by atoms with Gasteiger partial charge in [-0.05, 0) is 38.2 Å². The van der Waals surface area contributed by atoms with Crippen LogP contribution in [-0.4, -0.2) is 0 Å². The van der Waals surface area contributed by atoms with Gasteiger partial charge >= 0.3 is 0 Å². The van der Waals surface area contributed by atoms with E-state index in [1.165, 1.54) is 257 Å². The van der Waals surface area contributed by atoms with Gasteiger partial charge in [0.15, 0.2) is 12.4 Å². The topological polar surface area (TPSA) is 3.88 Å². The first-order chi connectivity index (χ1) is 24.3. The molecule has 1 heterocycles. The molecule has 288 valence electrons. The van der Waals surface area contributed by atoms with Crippen LogP contribution in [0.15, 0.2) is 18.5 Å². The Bertz CT molecular complexity index is 724. The van der Waals surface area contributed by atoms with Crippen LogP contribution in [0, 0.1) is 0 Å². The molecule has 0 aliphatic heterocycles. The van der Waals surface area contributed by atoms with E-state index in [-0.39, 0.29) is 0 Å². The zero-order valence-electron chi connectivity index (χ0n) is 34.5. The van der Waals surface area contributed by atoms with Crippen LogP contribution >= 0.6 is 0 Å². The van der Waals surface area contributed by atoms with E-state index in [1.807, 2.05) is 0 Å². The number of pyridine rings is 1. The van der Waals surface area contributed by atoms with Gasteiger partial charge < -0.3 is 0 Å². The summed E-state index contributed by atoms with van der Waals surface area (Å²) in [5.41, 5.74) is 3.22. The van der Waals surface area contributed by atoms with E-state index in [0.29, 0.717) is 0 Å². The molecular weight excluding hydrogens is 591 g/mol. The summed E-state index contributed by atoms with van der Waals surface area (Å²) in [4.78, 5) is 0. The number of hydrogen-bond acceptors (Lipinski definition) is 0. The molecule has 0 amide bonds. The number of nitrogens with zero attached hydrogens (tertiary/aromatic N) is 1. The van der Waals surface area contributed by atoms with Gasteiger partial charge in [-0.15, -0.1) is 0 Å². The van der Waals surface area contributed by atoms with Crippen molar-refractivity contribution >= 4 is 0 Å². The molecule has 0 bridgehead atoms. The number of unbranched alkanes of at least 4 members (excludes halogenated alkanes) is 34. The van der Waals surface area contributed by atoms with Crippen LogP contribution in [0.25, 0.3) is 0 Å². The standard InChI is InChI=1S/C48H92N/c1-4-7-10-13-16-19-22-23-24-25-28-31-34-37-40-43-49-45-47(41-38-35-32-29-26-20-17-14-11-8-5-2)44-48(46-49)42-39-36-33-30-27-21-18-15-12-9-6-3/h44-46H,4-43H2,1-3H3/q+1. The molecule has 0 unspecified atom stereocenters. The van der Waals surface area contributed by atoms with E-state index in [0.717, 1.165) is 0 Å². The van der Waals surface area contributed by atoms with Gasteiger partial charge in [-0.25, -0.2) is 4.57 Å². The van der Waals surface area contributed by atoms with Crippen LogP contribution in [0.2, 0.25) is 0 Å². The van der Waals surface area contributed by atoms with Crippen molar-refractivity contribution in [2.45, 2.75) is 278 Å². The van der Waals surface area contributed by atoms with Crippen LogP contribution in [0.1, 0.15) is 269 Å². The molecule has 1 nitrogen and oxygen atoms in total. The van der Waals surface area contributed by atoms with E-state index in [4.69, 9.17) is 0 Å². The fourth-order valence-corrected chi connectivity index (χ4v) is 7.83. The third-order valence-electron chi connectivity index (χ3n) is 11.2. The summed E-state index contributed by atoms with van der Waals surface area (Å²) in [5.74, 6) is 0. The summed E-state index contributed by atoms with van der Waals surface area (Å²) in [5, 5.41) is 0. The SMILES string of the molecule is CCCCCCCCCCCCCCCCC[n+]1cc(CCCCCCCCCCCCC)cc(CCCCCCCCCCCCC)c1. The van der Waals surface area contributed by atoms with Gasteiger partial charge in [0.05, 0.1) is 0 Å². The zero-order chi connectivity index (χ0) is 35.1. The maximum Gasteiger partial charge on any atom is 0.171 e. The molecule has 1 aromatic rings. The van der Waals surface area contributed by atoms with Gasteiger partial charge in [0.25, 0.3) is 0 Å². The molecule has 0 radical (unpaired) electrons. The summed E-state index contributed by atoms with van der Waals surface area (Å²) in [6, 6.07) is 2.58. The average Bonchev–Trinajstić information content (AvgIpc) is 3.11. The Morgan fingerprint density at radius 3 is 0.776 bits per heavy atom. The van der Waals surface area contributed by atoms with E-state index in [2.05, 4.69) is 43.8 Å². The smallest absolute Gasteiger partial charge is 0.171 e. The lowest BCUT2D eigenvalue weighted by atomic mass is 10.0. The first kappa shape index (κ1) is 46.2. The minimum atomic E-state index is 1.22. The quantitative estimate of drug-likeness (QED) is 0.0479. The molecule has 0 spiro atoms. The first-order valence-electron chi connectivity index (χ1n) is 23.3. The van der Waals surface area contributed by atoms with Crippen molar-refractivity contribution in [3.05, 3.63) is 29.6 Å². The maximum absolute atomic E-state index is 2.59. The predicted molar refractivity (Wildman–Crippen MR) is 222 cm³/mol. The van der Waals surface area contributed by atoms with Gasteiger partial charge in [-0.1, -0.05) is 233 Å². The molecule has 49 heavy (non-hydrogen) atoms. The third kappa shape index (κ3) is 32.8. The highest BCUT2D eigenvalue weighted by Crippen LogP contribution is 2.17. The second-order valence-corrected chi connectivity index (χ2v) is 16.3. The van der Waals surface area contributed by atoms with Crippen molar-refractivity contribution in [1.82, 2.24) is 0 Å². The highest BCUT2D eigenvalue weighted by atomic mass is 14.9. The number of aromatic nitrogens is 1. The lowest BCUT2D eigenvalue weighted by Gasteiger charge is -2.07. The van der Waals surface area contributed by atoms with Crippen molar-refractivity contribution in [2.24, 2.45) is 0 Å². The molecule has 1 heteroatoms. The van der Waals surface area contributed by atoms with Crippen LogP contribution in [0.4, 0.5) is 0 Å². The second-order valence-electron chi connectivity index (χ2n) is 16.3. The fourth-order valence-electron chi connectivity index (χ4n) is 7.83. The molecule has 1 aromatic heterocycles. The van der Waals surface area contributed by atoms with E-state index in [1.54, 1.807) is 11.1 Å². The van der Waals surface area contributed by atoms with Crippen LogP contribution < -0.4 is 4.57 Å². The summed E-state index contributed by atoms with van der Waals surface area (Å²) in [7, 11) is 0. The zero-order valence-corrected chi connectivity index (χ0v) is 34.5. The van der Waals surface area contributed by atoms with Crippen LogP contribution in [-0.2, 0) is 19.4 Å². The maximum atomic E-state index is 2.59. The predicted octanol–water partition coefficient (Wildman–Crippen LogP) is 16.6. The first-order valence-corrected chi connectivity index (χ1v) is 23.3. The van der Waals surface area contributed by atoms with E-state index in [9.17, 15) is 0 Å². The summed E-state index contributed by atoms with van der Waals surface area (Å²) in [6.07, 6.45) is 60.8. The number of hydrogen-bond donors (Lipinski definition) is 0. The number of rotatable bonds is 40. The van der Waals surface area contributed by atoms with Crippen molar-refractivity contribution in [1.29, 1.82) is 0 Å². The number of aryl methyl sites for hydroxylation is 3. The molecule has 0 fully saturated rings. The summed E-state index contributed by atoms with van der Waals surface area (Å²) < 4.78 is 2.59. The highest BCUT2D eigenvalue weighted by Gasteiger charge is 2.09. The Kier molecular flexibility index (Phi) is 36.2. The Labute approximate surface area is 311 Å².